The zero-order chi connectivity index (χ0) is 21.0. The van der Waals surface area contributed by atoms with Gasteiger partial charge >= 0.3 is 6.03 Å². The molecule has 7 heteroatoms. The van der Waals surface area contributed by atoms with Crippen LogP contribution in [0.15, 0.2) is 24.3 Å². The van der Waals surface area contributed by atoms with Crippen LogP contribution >= 0.6 is 0 Å². The first kappa shape index (κ1) is 21.3. The number of hydrogen-bond donors (Lipinski definition) is 1. The summed E-state index contributed by atoms with van der Waals surface area (Å²) in [6, 6.07) is 9.30. The number of likely N-dealkylation sites (N-methyl/N-ethyl adjacent to an activating group) is 1. The molecule has 156 valence electrons. The summed E-state index contributed by atoms with van der Waals surface area (Å²) in [4.78, 5) is 31.4. The van der Waals surface area contributed by atoms with Crippen molar-refractivity contribution in [2.45, 2.75) is 44.7 Å². The lowest BCUT2D eigenvalue weighted by molar-refractivity contribution is -0.134. The van der Waals surface area contributed by atoms with Crippen molar-refractivity contribution in [1.82, 2.24) is 20.0 Å². The van der Waals surface area contributed by atoms with Crippen LogP contribution < -0.4 is 5.32 Å². The van der Waals surface area contributed by atoms with Crippen LogP contribution in [0, 0.1) is 17.2 Å². The van der Waals surface area contributed by atoms with Crippen molar-refractivity contribution in [2.24, 2.45) is 5.92 Å². The van der Waals surface area contributed by atoms with Gasteiger partial charge in [-0.1, -0.05) is 19.1 Å². The van der Waals surface area contributed by atoms with Gasteiger partial charge < -0.3 is 10.2 Å². The monoisotopic (exact) mass is 397 g/mol. The van der Waals surface area contributed by atoms with Gasteiger partial charge in [-0.2, -0.15) is 5.26 Å². The molecule has 29 heavy (non-hydrogen) atoms. The lowest BCUT2D eigenvalue weighted by atomic mass is 9.77. The first-order chi connectivity index (χ1) is 13.8. The molecule has 0 atom stereocenters. The highest BCUT2D eigenvalue weighted by Crippen LogP contribution is 2.36. The molecule has 0 unspecified atom stereocenters. The van der Waals surface area contributed by atoms with Crippen LogP contribution in [0.3, 0.4) is 0 Å². The molecule has 0 radical (unpaired) electrons. The molecule has 1 saturated heterocycles. The predicted octanol–water partition coefficient (Wildman–Crippen LogP) is 2.38. The maximum Gasteiger partial charge on any atom is 0.326 e. The van der Waals surface area contributed by atoms with Crippen molar-refractivity contribution in [3.05, 3.63) is 35.4 Å². The van der Waals surface area contributed by atoms with Crippen molar-refractivity contribution in [1.29, 1.82) is 5.26 Å². The van der Waals surface area contributed by atoms with Gasteiger partial charge in [-0.25, -0.2) is 9.69 Å². The van der Waals surface area contributed by atoms with E-state index in [-0.39, 0.29) is 18.6 Å². The fourth-order valence-electron chi connectivity index (χ4n) is 4.08. The average Bonchev–Trinajstić information content (AvgIpc) is 2.93. The Morgan fingerprint density at radius 2 is 1.83 bits per heavy atom. The van der Waals surface area contributed by atoms with Gasteiger partial charge in [0.15, 0.2) is 0 Å². The molecule has 1 aliphatic carbocycles. The van der Waals surface area contributed by atoms with Crippen molar-refractivity contribution >= 4 is 11.9 Å². The van der Waals surface area contributed by atoms with Gasteiger partial charge in [0.1, 0.15) is 5.54 Å². The Labute approximate surface area is 173 Å². The minimum absolute atomic E-state index is 0.0796. The number of nitrogens with one attached hydrogen (secondary N) is 1. The highest BCUT2D eigenvalue weighted by molar-refractivity contribution is 6.07. The molecule has 2 aliphatic rings. The fraction of sp³-hybridized carbons (Fsp3) is 0.591. The third-order valence-corrected chi connectivity index (χ3v) is 6.07. The molecule has 0 aromatic heterocycles. The van der Waals surface area contributed by atoms with E-state index in [1.807, 2.05) is 26.2 Å². The number of amides is 3. The van der Waals surface area contributed by atoms with E-state index < -0.39 is 5.54 Å². The first-order valence-corrected chi connectivity index (χ1v) is 10.3. The Morgan fingerprint density at radius 1 is 1.17 bits per heavy atom. The first-order valence-electron chi connectivity index (χ1n) is 10.3. The molecule has 1 aliphatic heterocycles. The smallest absolute Gasteiger partial charge is 0.323 e. The molecule has 1 heterocycles. The third kappa shape index (κ3) is 4.95. The standard InChI is InChI=1S/C22H31N5O2/c1-17-8-10-22(11-9-17)20(28)27(21(29)24-22)16-26(13-12-25(2)3)15-19-6-4-18(14-23)5-7-19/h4-7,17H,8-13,15-16H2,1-3H3,(H,24,29). The van der Waals surface area contributed by atoms with Crippen molar-refractivity contribution < 1.29 is 9.59 Å². The number of imide groups is 1. The molecule has 7 nitrogen and oxygen atoms in total. The molecular formula is C22H31N5O2. The molecule has 1 saturated carbocycles. The highest BCUT2D eigenvalue weighted by Gasteiger charge is 2.52. The Morgan fingerprint density at radius 3 is 2.41 bits per heavy atom. The van der Waals surface area contributed by atoms with E-state index in [0.29, 0.717) is 18.0 Å². The Kier molecular flexibility index (Phi) is 6.56. The summed E-state index contributed by atoms with van der Waals surface area (Å²) in [5.74, 6) is 0.524. The van der Waals surface area contributed by atoms with Crippen LogP contribution in [0.5, 0.6) is 0 Å². The second kappa shape index (κ2) is 8.93. The zero-order valence-electron chi connectivity index (χ0n) is 17.6. The predicted molar refractivity (Wildman–Crippen MR) is 111 cm³/mol. The lowest BCUT2D eigenvalue weighted by Crippen LogP contribution is -2.50. The minimum atomic E-state index is -0.703. The van der Waals surface area contributed by atoms with Gasteiger partial charge in [0.2, 0.25) is 0 Å². The van der Waals surface area contributed by atoms with Crippen LogP contribution in [0.25, 0.3) is 0 Å². The van der Waals surface area contributed by atoms with E-state index in [0.717, 1.165) is 44.3 Å². The molecule has 1 aromatic carbocycles. The number of urea groups is 1. The SMILES string of the molecule is CC1CCC2(CC1)NC(=O)N(CN(CCN(C)C)Cc1ccc(C#N)cc1)C2=O. The number of benzene rings is 1. The van der Waals surface area contributed by atoms with Gasteiger partial charge in [0.05, 0.1) is 18.3 Å². The molecule has 2 fully saturated rings. The summed E-state index contributed by atoms with van der Waals surface area (Å²) in [5.41, 5.74) is 0.970. The zero-order valence-corrected chi connectivity index (χ0v) is 17.6. The van der Waals surface area contributed by atoms with Gasteiger partial charge in [-0.15, -0.1) is 0 Å². The lowest BCUT2D eigenvalue weighted by Gasteiger charge is -2.34. The Balaban J connectivity index is 1.71. The molecular weight excluding hydrogens is 366 g/mol. The third-order valence-electron chi connectivity index (χ3n) is 6.07. The summed E-state index contributed by atoms with van der Waals surface area (Å²) >= 11 is 0. The van der Waals surface area contributed by atoms with Crippen LogP contribution in [-0.2, 0) is 11.3 Å². The summed E-state index contributed by atoms with van der Waals surface area (Å²) in [6.45, 7) is 4.64. The number of rotatable bonds is 7. The van der Waals surface area contributed by atoms with Crippen LogP contribution in [-0.4, -0.2) is 66.0 Å². The number of nitrogens with zero attached hydrogens (tertiary/aromatic N) is 4. The van der Waals surface area contributed by atoms with Crippen molar-refractivity contribution in [3.8, 4) is 6.07 Å². The van der Waals surface area contributed by atoms with E-state index in [9.17, 15) is 9.59 Å². The summed E-state index contributed by atoms with van der Waals surface area (Å²) in [5, 5.41) is 12.0. The minimum Gasteiger partial charge on any atom is -0.323 e. The van der Waals surface area contributed by atoms with E-state index in [2.05, 4.69) is 28.1 Å². The number of hydrogen-bond acceptors (Lipinski definition) is 5. The van der Waals surface area contributed by atoms with Gasteiger partial charge in [0, 0.05) is 19.6 Å². The molecule has 1 spiro atoms. The van der Waals surface area contributed by atoms with E-state index in [4.69, 9.17) is 5.26 Å². The number of carbonyl (C=O) groups excluding carboxylic acids is 2. The molecule has 3 amide bonds. The Hall–Kier alpha value is -2.43. The second-order valence-corrected chi connectivity index (χ2v) is 8.73. The van der Waals surface area contributed by atoms with E-state index in [1.165, 1.54) is 4.90 Å². The fourth-order valence-corrected chi connectivity index (χ4v) is 4.08. The van der Waals surface area contributed by atoms with E-state index >= 15 is 0 Å². The van der Waals surface area contributed by atoms with Crippen LogP contribution in [0.2, 0.25) is 0 Å². The van der Waals surface area contributed by atoms with Crippen LogP contribution in [0.1, 0.15) is 43.7 Å². The average molecular weight is 398 g/mol. The van der Waals surface area contributed by atoms with E-state index in [1.54, 1.807) is 12.1 Å². The normalized spacial score (nSPS) is 24.4. The topological polar surface area (TPSA) is 79.7 Å². The molecule has 1 N–H and O–H groups in total. The quantitative estimate of drug-likeness (QED) is 0.715. The molecule has 1 aromatic rings. The van der Waals surface area contributed by atoms with Crippen LogP contribution in [0.4, 0.5) is 4.79 Å². The van der Waals surface area contributed by atoms with Gasteiger partial charge in [-0.3, -0.25) is 9.69 Å². The van der Waals surface area contributed by atoms with Gasteiger partial charge in [0.25, 0.3) is 5.91 Å². The highest BCUT2D eigenvalue weighted by atomic mass is 16.2. The molecule has 0 bridgehead atoms. The van der Waals surface area contributed by atoms with Crippen molar-refractivity contribution in [2.75, 3.05) is 33.9 Å². The summed E-state index contributed by atoms with van der Waals surface area (Å²) in [6.07, 6.45) is 3.38. The summed E-state index contributed by atoms with van der Waals surface area (Å²) in [7, 11) is 4.01. The Bertz CT molecular complexity index is 775. The number of nitriles is 1. The van der Waals surface area contributed by atoms with Crippen molar-refractivity contribution in [3.63, 3.8) is 0 Å². The number of carbonyl (C=O) groups is 2. The summed E-state index contributed by atoms with van der Waals surface area (Å²) < 4.78 is 0. The van der Waals surface area contributed by atoms with Gasteiger partial charge in [-0.05, 0) is 63.4 Å². The maximum atomic E-state index is 13.2. The maximum absolute atomic E-state index is 13.2. The second-order valence-electron chi connectivity index (χ2n) is 8.73. The largest absolute Gasteiger partial charge is 0.326 e. The molecule has 3 rings (SSSR count).